The number of aryl methyl sites for hydroxylation is 1. The van der Waals surface area contributed by atoms with Crippen molar-refractivity contribution in [2.45, 2.75) is 12.3 Å². The Morgan fingerprint density at radius 2 is 2.28 bits per heavy atom. The molecule has 0 aliphatic rings. The molecule has 2 rings (SSSR count). The highest BCUT2D eigenvalue weighted by Gasteiger charge is 2.10. The van der Waals surface area contributed by atoms with Crippen molar-refractivity contribution in [2.75, 3.05) is 5.32 Å². The van der Waals surface area contributed by atoms with Crippen LogP contribution in [0.5, 0.6) is 0 Å². The fourth-order valence-electron chi connectivity index (χ4n) is 1.90. The van der Waals surface area contributed by atoms with Gasteiger partial charge in [0.25, 0.3) is 0 Å². The van der Waals surface area contributed by atoms with Crippen LogP contribution < -0.4 is 5.32 Å². The van der Waals surface area contributed by atoms with Crippen LogP contribution >= 0.6 is 15.9 Å². The third kappa shape index (κ3) is 2.61. The van der Waals surface area contributed by atoms with E-state index < -0.39 is 0 Å². The van der Waals surface area contributed by atoms with Crippen LogP contribution in [0.3, 0.4) is 0 Å². The van der Waals surface area contributed by atoms with E-state index in [-0.39, 0.29) is 5.91 Å². The molecule has 0 spiro atoms. The zero-order valence-corrected chi connectivity index (χ0v) is 11.9. The number of halogens is 1. The van der Waals surface area contributed by atoms with E-state index in [2.05, 4.69) is 26.3 Å². The second-order valence-electron chi connectivity index (χ2n) is 4.04. The van der Waals surface area contributed by atoms with Crippen LogP contribution in [0, 0.1) is 0 Å². The average molecular weight is 308 g/mol. The molecule has 0 atom stereocenters. The molecule has 0 unspecified atom stereocenters. The molecule has 0 fully saturated rings. The number of anilines is 1. The minimum Gasteiger partial charge on any atom is -0.326 e. The molecule has 0 aliphatic carbocycles. The van der Waals surface area contributed by atoms with Crippen LogP contribution in [0.4, 0.5) is 5.69 Å². The van der Waals surface area contributed by atoms with Gasteiger partial charge in [-0.15, -0.1) is 0 Å². The van der Waals surface area contributed by atoms with Crippen molar-refractivity contribution in [1.82, 2.24) is 9.78 Å². The number of carbonyl (C=O) groups is 1. The Morgan fingerprint density at radius 3 is 2.94 bits per heavy atom. The summed E-state index contributed by atoms with van der Waals surface area (Å²) in [5.41, 5.74) is 4.01. The smallest absolute Gasteiger partial charge is 0.221 e. The fourth-order valence-corrected chi connectivity index (χ4v) is 2.31. The maximum absolute atomic E-state index is 11.1. The van der Waals surface area contributed by atoms with E-state index in [4.69, 9.17) is 0 Å². The number of nitrogens with zero attached hydrogens (tertiary/aromatic N) is 2. The predicted molar refractivity (Wildman–Crippen MR) is 75.6 cm³/mol. The molecule has 1 N–H and O–H groups in total. The molecule has 1 aromatic heterocycles. The fraction of sp³-hybridized carbons (Fsp3) is 0.231. The minimum atomic E-state index is -0.0714. The number of carbonyl (C=O) groups excluding carboxylic acids is 1. The summed E-state index contributed by atoms with van der Waals surface area (Å²) in [4.78, 5) is 11.1. The lowest BCUT2D eigenvalue weighted by molar-refractivity contribution is -0.114. The third-order valence-corrected chi connectivity index (χ3v) is 3.22. The Bertz CT molecular complexity index is 577. The number of benzene rings is 1. The number of nitrogens with one attached hydrogen (secondary N) is 1. The van der Waals surface area contributed by atoms with E-state index in [1.807, 2.05) is 42.2 Å². The van der Waals surface area contributed by atoms with Crippen molar-refractivity contribution in [3.8, 4) is 11.3 Å². The van der Waals surface area contributed by atoms with Crippen molar-refractivity contribution < 1.29 is 4.79 Å². The molecule has 0 saturated heterocycles. The molecule has 0 saturated carbocycles. The molecular weight excluding hydrogens is 294 g/mol. The van der Waals surface area contributed by atoms with Gasteiger partial charge in [-0.2, -0.15) is 5.10 Å². The summed E-state index contributed by atoms with van der Waals surface area (Å²) >= 11 is 3.45. The molecule has 1 amide bonds. The van der Waals surface area contributed by atoms with Crippen LogP contribution in [0.1, 0.15) is 12.5 Å². The first-order valence-corrected chi connectivity index (χ1v) is 6.69. The Kier molecular flexibility index (Phi) is 3.81. The van der Waals surface area contributed by atoms with Gasteiger partial charge in [-0.1, -0.05) is 28.1 Å². The van der Waals surface area contributed by atoms with Gasteiger partial charge in [0.2, 0.25) is 5.91 Å². The number of amides is 1. The number of hydrogen-bond acceptors (Lipinski definition) is 2. The standard InChI is InChI=1S/C13H14BrN3O/c1-9(18)16-12-5-3-4-10(6-12)13-11(7-14)8-15-17(13)2/h3-6,8H,7H2,1-2H3,(H,16,18). The largest absolute Gasteiger partial charge is 0.326 e. The Balaban J connectivity index is 2.44. The van der Waals surface area contributed by atoms with Crippen LogP contribution in [-0.4, -0.2) is 15.7 Å². The highest BCUT2D eigenvalue weighted by atomic mass is 79.9. The Hall–Kier alpha value is -1.62. The van der Waals surface area contributed by atoms with E-state index >= 15 is 0 Å². The summed E-state index contributed by atoms with van der Waals surface area (Å²) in [5, 5.41) is 7.79. The number of alkyl halides is 1. The maximum Gasteiger partial charge on any atom is 0.221 e. The predicted octanol–water partition coefficient (Wildman–Crippen LogP) is 2.94. The van der Waals surface area contributed by atoms with Gasteiger partial charge in [-0.25, -0.2) is 0 Å². The quantitative estimate of drug-likeness (QED) is 0.886. The van der Waals surface area contributed by atoms with E-state index in [0.717, 1.165) is 27.8 Å². The Labute approximate surface area is 114 Å². The number of aromatic nitrogens is 2. The lowest BCUT2D eigenvalue weighted by Gasteiger charge is -2.08. The van der Waals surface area contributed by atoms with Gasteiger partial charge < -0.3 is 5.32 Å². The second-order valence-corrected chi connectivity index (χ2v) is 4.60. The first-order valence-electron chi connectivity index (χ1n) is 5.56. The Morgan fingerprint density at radius 1 is 1.50 bits per heavy atom. The first-order chi connectivity index (χ1) is 8.61. The lowest BCUT2D eigenvalue weighted by Crippen LogP contribution is -2.05. The SMILES string of the molecule is CC(=O)Nc1cccc(-c2c(CBr)cnn2C)c1. The van der Waals surface area contributed by atoms with Gasteiger partial charge in [-0.3, -0.25) is 9.48 Å². The topological polar surface area (TPSA) is 46.9 Å². The normalized spacial score (nSPS) is 10.4. The molecule has 0 aliphatic heterocycles. The van der Waals surface area contributed by atoms with Gasteiger partial charge in [0.05, 0.1) is 11.9 Å². The zero-order chi connectivity index (χ0) is 13.1. The molecule has 1 aromatic carbocycles. The van der Waals surface area contributed by atoms with E-state index in [0.29, 0.717) is 0 Å². The molecule has 5 heteroatoms. The number of hydrogen-bond donors (Lipinski definition) is 1. The van der Waals surface area contributed by atoms with E-state index in [1.54, 1.807) is 0 Å². The highest BCUT2D eigenvalue weighted by molar-refractivity contribution is 9.08. The highest BCUT2D eigenvalue weighted by Crippen LogP contribution is 2.26. The molecule has 1 heterocycles. The summed E-state index contributed by atoms with van der Waals surface area (Å²) in [6.45, 7) is 1.50. The van der Waals surface area contributed by atoms with Gasteiger partial charge in [0, 0.05) is 36.1 Å². The maximum atomic E-state index is 11.1. The van der Waals surface area contributed by atoms with Crippen LogP contribution in [-0.2, 0) is 17.2 Å². The molecule has 18 heavy (non-hydrogen) atoms. The van der Waals surface area contributed by atoms with Crippen molar-refractivity contribution in [1.29, 1.82) is 0 Å². The monoisotopic (exact) mass is 307 g/mol. The number of rotatable bonds is 3. The van der Waals surface area contributed by atoms with Gasteiger partial charge in [0.1, 0.15) is 0 Å². The molecular formula is C13H14BrN3O. The third-order valence-electron chi connectivity index (χ3n) is 2.61. The van der Waals surface area contributed by atoms with Crippen LogP contribution in [0.25, 0.3) is 11.3 Å². The molecule has 94 valence electrons. The van der Waals surface area contributed by atoms with Gasteiger partial charge >= 0.3 is 0 Å². The molecule has 0 radical (unpaired) electrons. The summed E-state index contributed by atoms with van der Waals surface area (Å²) in [7, 11) is 1.91. The first kappa shape index (κ1) is 12.8. The summed E-state index contributed by atoms with van der Waals surface area (Å²) in [5.74, 6) is -0.0714. The lowest BCUT2D eigenvalue weighted by atomic mass is 10.1. The van der Waals surface area contributed by atoms with E-state index in [9.17, 15) is 4.79 Å². The summed E-state index contributed by atoms with van der Waals surface area (Å²) in [6, 6.07) is 7.75. The van der Waals surface area contributed by atoms with Crippen molar-refractivity contribution in [3.05, 3.63) is 36.0 Å². The van der Waals surface area contributed by atoms with E-state index in [1.165, 1.54) is 6.92 Å². The van der Waals surface area contributed by atoms with Crippen molar-refractivity contribution >= 4 is 27.5 Å². The summed E-state index contributed by atoms with van der Waals surface area (Å²) in [6.07, 6.45) is 1.84. The van der Waals surface area contributed by atoms with Crippen molar-refractivity contribution in [2.24, 2.45) is 7.05 Å². The van der Waals surface area contributed by atoms with Crippen molar-refractivity contribution in [3.63, 3.8) is 0 Å². The summed E-state index contributed by atoms with van der Waals surface area (Å²) < 4.78 is 1.84. The van der Waals surface area contributed by atoms with Gasteiger partial charge in [0.15, 0.2) is 0 Å². The molecule has 0 bridgehead atoms. The average Bonchev–Trinajstić information content (AvgIpc) is 2.70. The molecule has 2 aromatic rings. The minimum absolute atomic E-state index is 0.0714. The zero-order valence-electron chi connectivity index (χ0n) is 10.3. The van der Waals surface area contributed by atoms with Crippen LogP contribution in [0.15, 0.2) is 30.5 Å². The van der Waals surface area contributed by atoms with Gasteiger partial charge in [-0.05, 0) is 12.1 Å². The van der Waals surface area contributed by atoms with Crippen LogP contribution in [0.2, 0.25) is 0 Å². The molecule has 4 nitrogen and oxygen atoms in total. The second kappa shape index (κ2) is 5.35.